The number of rotatable bonds is 0. The van der Waals surface area contributed by atoms with E-state index in [1.54, 1.807) is 6.07 Å². The second-order valence-corrected chi connectivity index (χ2v) is 4.34. The smallest absolute Gasteiger partial charge is 0.181 e. The predicted octanol–water partition coefficient (Wildman–Crippen LogP) is 2.49. The second kappa shape index (κ2) is 2.81. The fraction of sp³-hybridized carbons (Fsp3) is 0. The molecule has 0 fully saturated rings. The number of hydrogen-bond donors (Lipinski definition) is 2. The Labute approximate surface area is 85.1 Å². The number of benzene rings is 1. The molecule has 2 aromatic rings. The van der Waals surface area contributed by atoms with Gasteiger partial charge in [-0.3, -0.25) is 0 Å². The van der Waals surface area contributed by atoms with Crippen LogP contribution in [-0.4, -0.2) is 10.1 Å². The molecular weight excluding hydrogens is 259 g/mol. The van der Waals surface area contributed by atoms with Crippen LogP contribution in [0.25, 0.3) is 10.2 Å². The highest BCUT2D eigenvalue weighted by atomic mass is 79.9. The van der Waals surface area contributed by atoms with Gasteiger partial charge in [0.2, 0.25) is 0 Å². The van der Waals surface area contributed by atoms with Crippen molar-refractivity contribution < 1.29 is 9.50 Å². The van der Waals surface area contributed by atoms with Gasteiger partial charge in [0.15, 0.2) is 16.7 Å². The molecule has 1 heterocycles. The van der Waals surface area contributed by atoms with Gasteiger partial charge >= 0.3 is 0 Å². The first-order valence-corrected chi connectivity index (χ1v) is 4.93. The summed E-state index contributed by atoms with van der Waals surface area (Å²) in [4.78, 5) is 3.80. The summed E-state index contributed by atoms with van der Waals surface area (Å²) in [6, 6.07) is 1.54. The van der Waals surface area contributed by atoms with E-state index in [2.05, 4.69) is 20.9 Å². The van der Waals surface area contributed by atoms with Crippen molar-refractivity contribution in [1.29, 1.82) is 0 Å². The van der Waals surface area contributed by atoms with Crippen molar-refractivity contribution in [2.75, 3.05) is 5.73 Å². The van der Waals surface area contributed by atoms with Crippen LogP contribution in [-0.2, 0) is 0 Å². The van der Waals surface area contributed by atoms with Crippen LogP contribution in [0.5, 0.6) is 5.75 Å². The van der Waals surface area contributed by atoms with Crippen molar-refractivity contribution in [2.45, 2.75) is 0 Å². The Morgan fingerprint density at radius 2 is 2.31 bits per heavy atom. The average Bonchev–Trinajstić information content (AvgIpc) is 2.42. The number of aromatic nitrogens is 1. The summed E-state index contributed by atoms with van der Waals surface area (Å²) in [6.45, 7) is 0. The molecule has 0 unspecified atom stereocenters. The van der Waals surface area contributed by atoms with Crippen LogP contribution in [0.1, 0.15) is 0 Å². The molecule has 68 valence electrons. The lowest BCUT2D eigenvalue weighted by Crippen LogP contribution is -1.82. The van der Waals surface area contributed by atoms with Crippen molar-refractivity contribution in [3.63, 3.8) is 0 Å². The number of phenols is 1. The van der Waals surface area contributed by atoms with Gasteiger partial charge in [-0.1, -0.05) is 11.3 Å². The standard InChI is InChI=1S/C7H4BrFN2OS/c8-2-1-3-5(6(12)4(2)9)11-7(10)13-3/h1,12H,(H2,10,11). The number of halogens is 2. The largest absolute Gasteiger partial charge is 0.503 e. The summed E-state index contributed by atoms with van der Waals surface area (Å²) < 4.78 is 14.0. The Kier molecular flexibility index (Phi) is 1.88. The summed E-state index contributed by atoms with van der Waals surface area (Å²) in [5.41, 5.74) is 5.63. The van der Waals surface area contributed by atoms with Crippen LogP contribution in [0.3, 0.4) is 0 Å². The van der Waals surface area contributed by atoms with Crippen molar-refractivity contribution in [3.05, 3.63) is 16.4 Å². The number of nitrogens with two attached hydrogens (primary N) is 1. The SMILES string of the molecule is Nc1nc2c(O)c(F)c(Br)cc2s1. The zero-order valence-corrected chi connectivity index (χ0v) is 8.62. The molecule has 2 rings (SSSR count). The number of thiazole rings is 1. The number of nitrogen functional groups attached to an aromatic ring is 1. The van der Waals surface area contributed by atoms with Gasteiger partial charge in [-0.2, -0.15) is 0 Å². The fourth-order valence-corrected chi connectivity index (χ4v) is 2.36. The molecule has 0 aliphatic carbocycles. The van der Waals surface area contributed by atoms with Crippen LogP contribution < -0.4 is 5.73 Å². The third-order valence-corrected chi connectivity index (χ3v) is 2.98. The van der Waals surface area contributed by atoms with Crippen molar-refractivity contribution in [1.82, 2.24) is 4.98 Å². The van der Waals surface area contributed by atoms with E-state index in [9.17, 15) is 9.50 Å². The molecule has 0 aliphatic rings. The zero-order valence-electron chi connectivity index (χ0n) is 6.21. The van der Waals surface area contributed by atoms with Crippen LogP contribution in [0, 0.1) is 5.82 Å². The van der Waals surface area contributed by atoms with E-state index in [4.69, 9.17) is 5.73 Å². The van der Waals surface area contributed by atoms with E-state index in [-0.39, 0.29) is 9.99 Å². The molecule has 3 nitrogen and oxygen atoms in total. The third-order valence-electron chi connectivity index (χ3n) is 1.57. The van der Waals surface area contributed by atoms with Gasteiger partial charge in [0.1, 0.15) is 5.52 Å². The van der Waals surface area contributed by atoms with Crippen molar-refractivity contribution in [2.24, 2.45) is 0 Å². The van der Waals surface area contributed by atoms with E-state index in [1.165, 1.54) is 11.3 Å². The van der Waals surface area contributed by atoms with Crippen LogP contribution in [0.2, 0.25) is 0 Å². The molecule has 1 aromatic heterocycles. The summed E-state index contributed by atoms with van der Waals surface area (Å²) in [5.74, 6) is -1.17. The van der Waals surface area contributed by atoms with Gasteiger partial charge in [0.05, 0.1) is 9.17 Å². The maximum Gasteiger partial charge on any atom is 0.181 e. The van der Waals surface area contributed by atoms with Gasteiger partial charge in [0.25, 0.3) is 0 Å². The van der Waals surface area contributed by atoms with Crippen molar-refractivity contribution >= 4 is 42.6 Å². The Morgan fingerprint density at radius 1 is 1.62 bits per heavy atom. The molecule has 0 bridgehead atoms. The molecule has 0 saturated heterocycles. The number of phenolic OH excluding ortho intramolecular Hbond substituents is 1. The molecule has 6 heteroatoms. The lowest BCUT2D eigenvalue weighted by atomic mass is 10.3. The first-order valence-electron chi connectivity index (χ1n) is 3.32. The Bertz CT molecular complexity index is 485. The minimum absolute atomic E-state index is 0.209. The number of anilines is 1. The Hall–Kier alpha value is -0.880. The zero-order chi connectivity index (χ0) is 9.59. The first-order chi connectivity index (χ1) is 6.09. The molecule has 1 aromatic carbocycles. The summed E-state index contributed by atoms with van der Waals surface area (Å²) in [5, 5.41) is 9.64. The van der Waals surface area contributed by atoms with Crippen molar-refractivity contribution in [3.8, 4) is 5.75 Å². The number of fused-ring (bicyclic) bond motifs is 1. The number of aromatic hydroxyl groups is 1. The van der Waals surface area contributed by atoms with E-state index in [1.807, 2.05) is 0 Å². The lowest BCUT2D eigenvalue weighted by Gasteiger charge is -1.97. The third kappa shape index (κ3) is 1.26. The van der Waals surface area contributed by atoms with Gasteiger partial charge in [0, 0.05) is 0 Å². The highest BCUT2D eigenvalue weighted by Gasteiger charge is 2.14. The molecular formula is C7H4BrFN2OS. The minimum Gasteiger partial charge on any atom is -0.503 e. The van der Waals surface area contributed by atoms with Gasteiger partial charge in [-0.05, 0) is 22.0 Å². The van der Waals surface area contributed by atoms with Gasteiger partial charge in [-0.25, -0.2) is 9.37 Å². The molecule has 0 amide bonds. The maximum atomic E-state index is 13.1. The first kappa shape index (κ1) is 8.71. The Morgan fingerprint density at radius 3 is 3.00 bits per heavy atom. The molecule has 3 N–H and O–H groups in total. The monoisotopic (exact) mass is 262 g/mol. The Balaban J connectivity index is 2.92. The maximum absolute atomic E-state index is 13.1. The van der Waals surface area contributed by atoms with Crippen LogP contribution >= 0.6 is 27.3 Å². The van der Waals surface area contributed by atoms with E-state index >= 15 is 0 Å². The predicted molar refractivity (Wildman–Crippen MR) is 53.4 cm³/mol. The molecule has 13 heavy (non-hydrogen) atoms. The fourth-order valence-electron chi connectivity index (χ4n) is 1.01. The highest BCUT2D eigenvalue weighted by molar-refractivity contribution is 9.10. The summed E-state index contributed by atoms with van der Waals surface area (Å²) >= 11 is 4.18. The minimum atomic E-state index is -0.710. The molecule has 0 atom stereocenters. The summed E-state index contributed by atoms with van der Waals surface area (Å²) in [7, 11) is 0. The van der Waals surface area contributed by atoms with Gasteiger partial charge in [-0.15, -0.1) is 0 Å². The number of nitrogens with zero attached hydrogens (tertiary/aromatic N) is 1. The van der Waals surface area contributed by atoms with Crippen LogP contribution in [0.15, 0.2) is 10.5 Å². The van der Waals surface area contributed by atoms with E-state index < -0.39 is 11.6 Å². The normalized spacial score (nSPS) is 10.9. The summed E-state index contributed by atoms with van der Waals surface area (Å²) in [6.07, 6.45) is 0. The topological polar surface area (TPSA) is 59.1 Å². The van der Waals surface area contributed by atoms with E-state index in [0.29, 0.717) is 9.83 Å². The average molecular weight is 263 g/mol. The number of hydrogen-bond acceptors (Lipinski definition) is 4. The van der Waals surface area contributed by atoms with Crippen LogP contribution in [0.4, 0.5) is 9.52 Å². The van der Waals surface area contributed by atoms with Gasteiger partial charge < -0.3 is 10.8 Å². The molecule has 0 radical (unpaired) electrons. The highest BCUT2D eigenvalue weighted by Crippen LogP contribution is 2.36. The lowest BCUT2D eigenvalue weighted by molar-refractivity contribution is 0.436. The molecule has 0 saturated carbocycles. The molecule has 0 spiro atoms. The quantitative estimate of drug-likeness (QED) is 0.767. The second-order valence-electron chi connectivity index (χ2n) is 2.42. The van der Waals surface area contributed by atoms with E-state index in [0.717, 1.165) is 0 Å². The molecule has 0 aliphatic heterocycles.